The molecule has 0 aromatic heterocycles. The van der Waals surface area contributed by atoms with E-state index >= 15 is 0 Å². The van der Waals surface area contributed by atoms with Gasteiger partial charge in [0, 0.05) is 31.2 Å². The lowest BCUT2D eigenvalue weighted by atomic mass is 9.75. The molecule has 1 aliphatic rings. The molecule has 7 heteroatoms. The normalized spacial score (nSPS) is 17.6. The zero-order valence-electron chi connectivity index (χ0n) is 22.4. The number of methoxy groups -OCH3 is 1. The number of aliphatic hydroxyl groups excluding tert-OH is 1. The van der Waals surface area contributed by atoms with Gasteiger partial charge in [0.25, 0.3) is 0 Å². The third kappa shape index (κ3) is 6.93. The SMILES string of the molecule is CCC1(CC(O)(Cc2ccc(CC(=O)NCc3cccc(OC)c3)cc2)c2ccc(O)c(CO)c2)C=CC=N1. The molecule has 0 saturated carbocycles. The summed E-state index contributed by atoms with van der Waals surface area (Å²) in [6.45, 7) is 2.12. The molecule has 0 aliphatic carbocycles. The van der Waals surface area contributed by atoms with Gasteiger partial charge in [0.05, 0.1) is 31.3 Å². The summed E-state index contributed by atoms with van der Waals surface area (Å²) in [5.41, 5.74) is 1.84. The van der Waals surface area contributed by atoms with Gasteiger partial charge in [0.2, 0.25) is 5.91 Å². The molecule has 0 radical (unpaired) electrons. The summed E-state index contributed by atoms with van der Waals surface area (Å²) in [5, 5.41) is 34.8. The van der Waals surface area contributed by atoms with Crippen LogP contribution in [0.2, 0.25) is 0 Å². The number of carbonyl (C=O) groups excluding carboxylic acids is 1. The molecule has 0 saturated heterocycles. The first kappa shape index (κ1) is 28.1. The van der Waals surface area contributed by atoms with Gasteiger partial charge in [-0.25, -0.2) is 0 Å². The molecule has 204 valence electrons. The van der Waals surface area contributed by atoms with Crippen LogP contribution in [0.3, 0.4) is 0 Å². The van der Waals surface area contributed by atoms with Gasteiger partial charge in [0.15, 0.2) is 0 Å². The van der Waals surface area contributed by atoms with Crippen LogP contribution in [-0.2, 0) is 36.4 Å². The molecule has 4 N–H and O–H groups in total. The number of rotatable bonds is 12. The first-order valence-electron chi connectivity index (χ1n) is 13.1. The summed E-state index contributed by atoms with van der Waals surface area (Å²) in [6, 6.07) is 20.1. The highest BCUT2D eigenvalue weighted by molar-refractivity contribution is 5.78. The van der Waals surface area contributed by atoms with E-state index in [-0.39, 0.29) is 24.7 Å². The molecule has 4 rings (SSSR count). The number of allylic oxidation sites excluding steroid dienone is 1. The van der Waals surface area contributed by atoms with Crippen LogP contribution in [0.4, 0.5) is 0 Å². The molecular weight excluding hydrogens is 492 g/mol. The van der Waals surface area contributed by atoms with Crippen molar-refractivity contribution < 1.29 is 24.9 Å². The number of hydrogen-bond acceptors (Lipinski definition) is 6. The van der Waals surface area contributed by atoms with E-state index in [1.165, 1.54) is 6.07 Å². The molecule has 1 amide bonds. The second-order valence-corrected chi connectivity index (χ2v) is 10.1. The first-order chi connectivity index (χ1) is 18.8. The summed E-state index contributed by atoms with van der Waals surface area (Å²) in [4.78, 5) is 17.2. The molecule has 3 aromatic rings. The molecule has 2 unspecified atom stereocenters. The Bertz CT molecular complexity index is 1340. The molecule has 0 bridgehead atoms. The van der Waals surface area contributed by atoms with Gasteiger partial charge in [-0.1, -0.05) is 55.5 Å². The van der Waals surface area contributed by atoms with E-state index in [1.807, 2.05) is 67.6 Å². The van der Waals surface area contributed by atoms with E-state index in [9.17, 15) is 20.1 Å². The Hall–Kier alpha value is -3.94. The Morgan fingerprint density at radius 2 is 1.82 bits per heavy atom. The number of carbonyl (C=O) groups is 1. The van der Waals surface area contributed by atoms with Crippen LogP contribution in [0.1, 0.15) is 47.6 Å². The Morgan fingerprint density at radius 3 is 2.49 bits per heavy atom. The number of aliphatic imine (C=N–C) groups is 1. The van der Waals surface area contributed by atoms with Crippen molar-refractivity contribution in [3.63, 3.8) is 0 Å². The van der Waals surface area contributed by atoms with Crippen LogP contribution in [0.15, 0.2) is 83.9 Å². The van der Waals surface area contributed by atoms with Crippen LogP contribution in [0, 0.1) is 0 Å². The smallest absolute Gasteiger partial charge is 0.224 e. The van der Waals surface area contributed by atoms with Gasteiger partial charge in [-0.2, -0.15) is 0 Å². The van der Waals surface area contributed by atoms with Crippen molar-refractivity contribution in [2.75, 3.05) is 7.11 Å². The third-order valence-corrected chi connectivity index (χ3v) is 7.33. The lowest BCUT2D eigenvalue weighted by molar-refractivity contribution is -0.120. The monoisotopic (exact) mass is 528 g/mol. The van der Waals surface area contributed by atoms with Gasteiger partial charge in [-0.05, 0) is 59.0 Å². The minimum Gasteiger partial charge on any atom is -0.508 e. The minimum absolute atomic E-state index is 0.0124. The van der Waals surface area contributed by atoms with Crippen LogP contribution in [0.25, 0.3) is 0 Å². The zero-order chi connectivity index (χ0) is 27.9. The Morgan fingerprint density at radius 1 is 1.05 bits per heavy atom. The maximum Gasteiger partial charge on any atom is 0.224 e. The fourth-order valence-electron chi connectivity index (χ4n) is 5.01. The molecule has 1 heterocycles. The summed E-state index contributed by atoms with van der Waals surface area (Å²) in [7, 11) is 1.61. The van der Waals surface area contributed by atoms with E-state index in [4.69, 9.17) is 4.74 Å². The fourth-order valence-corrected chi connectivity index (χ4v) is 5.01. The van der Waals surface area contributed by atoms with Gasteiger partial charge >= 0.3 is 0 Å². The number of amides is 1. The maximum atomic E-state index is 12.5. The number of nitrogens with one attached hydrogen (secondary N) is 1. The summed E-state index contributed by atoms with van der Waals surface area (Å²) in [5.74, 6) is 0.651. The van der Waals surface area contributed by atoms with E-state index in [0.29, 0.717) is 30.5 Å². The number of hydrogen-bond donors (Lipinski definition) is 4. The van der Waals surface area contributed by atoms with Crippen molar-refractivity contribution in [1.29, 1.82) is 0 Å². The highest BCUT2D eigenvalue weighted by Crippen LogP contribution is 2.40. The van der Waals surface area contributed by atoms with Crippen molar-refractivity contribution in [3.05, 3.63) is 107 Å². The zero-order valence-corrected chi connectivity index (χ0v) is 22.4. The second-order valence-electron chi connectivity index (χ2n) is 10.1. The predicted molar refractivity (Wildman–Crippen MR) is 152 cm³/mol. The molecule has 7 nitrogen and oxygen atoms in total. The largest absolute Gasteiger partial charge is 0.508 e. The standard InChI is InChI=1S/C32H36N2O5/c1-3-31(14-5-15-34-31)22-32(38,27-12-13-29(36)26(18-27)21-35)19-24-10-8-23(9-11-24)17-30(37)33-20-25-6-4-7-28(16-25)39-2/h4-16,18,35-36,38H,3,17,19-22H2,1-2H3,(H,33,37). The molecule has 39 heavy (non-hydrogen) atoms. The Balaban J connectivity index is 1.48. The first-order valence-corrected chi connectivity index (χ1v) is 13.1. The topological polar surface area (TPSA) is 111 Å². The fraction of sp³-hybridized carbons (Fsp3) is 0.312. The maximum absolute atomic E-state index is 12.5. The Labute approximate surface area is 229 Å². The van der Waals surface area contributed by atoms with E-state index in [2.05, 4.69) is 10.3 Å². The van der Waals surface area contributed by atoms with Crippen molar-refractivity contribution in [2.45, 2.75) is 56.9 Å². The quantitative estimate of drug-likeness (QED) is 0.279. The van der Waals surface area contributed by atoms with Crippen LogP contribution >= 0.6 is 0 Å². The Kier molecular flexibility index (Phi) is 8.84. The second kappa shape index (κ2) is 12.3. The van der Waals surface area contributed by atoms with Crippen molar-refractivity contribution >= 4 is 12.1 Å². The van der Waals surface area contributed by atoms with Crippen molar-refractivity contribution in [1.82, 2.24) is 5.32 Å². The van der Waals surface area contributed by atoms with E-state index in [0.717, 1.165) is 28.9 Å². The number of aromatic hydroxyl groups is 1. The summed E-state index contributed by atoms with van der Waals surface area (Å²) < 4.78 is 5.23. The molecule has 0 spiro atoms. The lowest BCUT2D eigenvalue weighted by Crippen LogP contribution is -2.38. The van der Waals surface area contributed by atoms with Gasteiger partial charge < -0.3 is 25.4 Å². The van der Waals surface area contributed by atoms with Gasteiger partial charge in [-0.15, -0.1) is 0 Å². The molecule has 2 atom stereocenters. The van der Waals surface area contributed by atoms with Crippen molar-refractivity contribution in [2.24, 2.45) is 4.99 Å². The minimum atomic E-state index is -1.31. The highest BCUT2D eigenvalue weighted by atomic mass is 16.5. The van der Waals surface area contributed by atoms with Crippen molar-refractivity contribution in [3.8, 4) is 11.5 Å². The molecule has 0 fully saturated rings. The third-order valence-electron chi connectivity index (χ3n) is 7.33. The summed E-state index contributed by atoms with van der Waals surface area (Å²) in [6.07, 6.45) is 7.27. The molecule has 3 aromatic carbocycles. The average Bonchev–Trinajstić information content (AvgIpc) is 3.41. The predicted octanol–water partition coefficient (Wildman–Crippen LogP) is 4.36. The highest BCUT2D eigenvalue weighted by Gasteiger charge is 2.40. The number of aliphatic hydroxyl groups is 2. The lowest BCUT2D eigenvalue weighted by Gasteiger charge is -2.36. The van der Waals surface area contributed by atoms with Crippen LogP contribution < -0.4 is 10.1 Å². The van der Waals surface area contributed by atoms with Gasteiger partial charge in [-0.3, -0.25) is 9.79 Å². The number of benzene rings is 3. The van der Waals surface area contributed by atoms with E-state index < -0.39 is 11.1 Å². The average molecular weight is 529 g/mol. The molecule has 1 aliphatic heterocycles. The van der Waals surface area contributed by atoms with Crippen LogP contribution in [-0.4, -0.2) is 40.1 Å². The molecular formula is C32H36N2O5. The number of ether oxygens (including phenoxy) is 1. The summed E-state index contributed by atoms with van der Waals surface area (Å²) >= 11 is 0. The van der Waals surface area contributed by atoms with E-state index in [1.54, 1.807) is 25.5 Å². The van der Waals surface area contributed by atoms with Crippen LogP contribution in [0.5, 0.6) is 11.5 Å². The number of phenols is 1. The number of nitrogens with zero attached hydrogens (tertiary/aromatic N) is 1. The van der Waals surface area contributed by atoms with Gasteiger partial charge in [0.1, 0.15) is 11.5 Å².